The summed E-state index contributed by atoms with van der Waals surface area (Å²) in [5, 5.41) is 6.51. The third kappa shape index (κ3) is 8.02. The van der Waals surface area contributed by atoms with Gasteiger partial charge in [0.05, 0.1) is 25.2 Å². The minimum atomic E-state index is -2.83. The topological polar surface area (TPSA) is 89.0 Å². The molecule has 1 aromatic rings. The molecule has 28 heavy (non-hydrogen) atoms. The van der Waals surface area contributed by atoms with Gasteiger partial charge in [-0.3, -0.25) is 4.99 Å². The molecule has 2 N–H and O–H groups in total. The van der Waals surface area contributed by atoms with Crippen LogP contribution in [-0.4, -0.2) is 59.7 Å². The van der Waals surface area contributed by atoms with Crippen LogP contribution < -0.4 is 20.1 Å². The molecule has 160 valence electrons. The Kier molecular flexibility index (Phi) is 10.9. The Labute approximate surface area is 185 Å². The highest BCUT2D eigenvalue weighted by Gasteiger charge is 2.27. The lowest BCUT2D eigenvalue weighted by Crippen LogP contribution is -2.40. The summed E-state index contributed by atoms with van der Waals surface area (Å²) >= 11 is 0. The van der Waals surface area contributed by atoms with Gasteiger partial charge in [0.15, 0.2) is 27.3 Å². The highest BCUT2D eigenvalue weighted by Crippen LogP contribution is 2.28. The fourth-order valence-corrected chi connectivity index (χ4v) is 5.00. The predicted molar refractivity (Wildman–Crippen MR) is 124 cm³/mol. The number of guanidine groups is 1. The second kappa shape index (κ2) is 12.4. The average molecular weight is 525 g/mol. The van der Waals surface area contributed by atoms with Crippen molar-refractivity contribution in [3.8, 4) is 11.5 Å². The number of aliphatic imine (C=N–C) groups is 1. The first kappa shape index (κ1) is 24.8. The molecule has 0 bridgehead atoms. The zero-order valence-corrected chi connectivity index (χ0v) is 20.0. The van der Waals surface area contributed by atoms with E-state index in [1.807, 2.05) is 19.1 Å². The molecule has 0 spiro atoms. The highest BCUT2D eigenvalue weighted by molar-refractivity contribution is 14.0. The van der Waals surface area contributed by atoms with Crippen LogP contribution in [0.5, 0.6) is 11.5 Å². The first-order valence-electron chi connectivity index (χ1n) is 9.42. The molecule has 0 amide bonds. The molecule has 0 aliphatic carbocycles. The van der Waals surface area contributed by atoms with E-state index in [0.717, 1.165) is 37.3 Å². The molecule has 1 aliphatic rings. The first-order valence-corrected chi connectivity index (χ1v) is 11.2. The van der Waals surface area contributed by atoms with Crippen molar-refractivity contribution in [1.82, 2.24) is 10.6 Å². The zero-order valence-electron chi connectivity index (χ0n) is 16.9. The molecular formula is C19H32IN3O4S. The number of nitrogens with one attached hydrogen (secondary N) is 2. The van der Waals surface area contributed by atoms with Crippen LogP contribution in [0.2, 0.25) is 0 Å². The lowest BCUT2D eigenvalue weighted by molar-refractivity contribution is 0.310. The molecule has 0 saturated carbocycles. The summed E-state index contributed by atoms with van der Waals surface area (Å²) in [6.45, 7) is 3.97. The average Bonchev–Trinajstić information content (AvgIpc) is 3.00. The number of ether oxygens (including phenoxy) is 2. The number of benzene rings is 1. The number of hydrogen-bond donors (Lipinski definition) is 2. The summed E-state index contributed by atoms with van der Waals surface area (Å²) in [7, 11) is 0.527. The third-order valence-electron chi connectivity index (χ3n) is 4.57. The largest absolute Gasteiger partial charge is 0.493 e. The summed E-state index contributed by atoms with van der Waals surface area (Å²) in [6.07, 6.45) is 2.58. The van der Waals surface area contributed by atoms with Gasteiger partial charge in [-0.25, -0.2) is 8.42 Å². The van der Waals surface area contributed by atoms with Crippen LogP contribution in [0.1, 0.15) is 25.3 Å². The Morgan fingerprint density at radius 3 is 2.68 bits per heavy atom. The first-order chi connectivity index (χ1) is 13.0. The summed E-state index contributed by atoms with van der Waals surface area (Å²) in [6, 6.07) is 6.01. The second-order valence-electron chi connectivity index (χ2n) is 6.67. The molecule has 1 aliphatic heterocycles. The van der Waals surface area contributed by atoms with Crippen LogP contribution in [0.25, 0.3) is 0 Å². The summed E-state index contributed by atoms with van der Waals surface area (Å²) in [4.78, 5) is 4.20. The summed E-state index contributed by atoms with van der Waals surface area (Å²) in [5.74, 6) is 2.98. The summed E-state index contributed by atoms with van der Waals surface area (Å²) < 4.78 is 34.0. The second-order valence-corrected chi connectivity index (χ2v) is 8.90. The zero-order chi connectivity index (χ0) is 19.7. The lowest BCUT2D eigenvalue weighted by Gasteiger charge is -2.15. The van der Waals surface area contributed by atoms with E-state index in [4.69, 9.17) is 9.47 Å². The van der Waals surface area contributed by atoms with Gasteiger partial charge in [0.25, 0.3) is 0 Å². The Morgan fingerprint density at radius 2 is 2.07 bits per heavy atom. The van der Waals surface area contributed by atoms with Crippen LogP contribution in [0, 0.1) is 5.92 Å². The molecular weight excluding hydrogens is 493 g/mol. The van der Waals surface area contributed by atoms with Gasteiger partial charge >= 0.3 is 0 Å². The fraction of sp³-hybridized carbons (Fsp3) is 0.632. The molecule has 0 aromatic heterocycles. The molecule has 0 radical (unpaired) electrons. The number of methoxy groups -OCH3 is 1. The monoisotopic (exact) mass is 525 g/mol. The van der Waals surface area contributed by atoms with E-state index in [1.165, 1.54) is 5.56 Å². The normalized spacial score (nSPS) is 18.2. The Morgan fingerprint density at radius 1 is 1.29 bits per heavy atom. The van der Waals surface area contributed by atoms with Crippen LogP contribution in [0.4, 0.5) is 0 Å². The maximum absolute atomic E-state index is 11.5. The van der Waals surface area contributed by atoms with Gasteiger partial charge in [-0.05, 0) is 49.8 Å². The molecule has 1 heterocycles. The third-order valence-corrected chi connectivity index (χ3v) is 6.41. The summed E-state index contributed by atoms with van der Waals surface area (Å²) in [5.41, 5.74) is 1.19. The van der Waals surface area contributed by atoms with E-state index in [-0.39, 0.29) is 35.6 Å². The highest BCUT2D eigenvalue weighted by atomic mass is 127. The van der Waals surface area contributed by atoms with Gasteiger partial charge in [-0.1, -0.05) is 6.07 Å². The van der Waals surface area contributed by atoms with E-state index in [9.17, 15) is 8.42 Å². The van der Waals surface area contributed by atoms with Crippen molar-refractivity contribution in [3.63, 3.8) is 0 Å². The number of hydrogen-bond acceptors (Lipinski definition) is 5. The van der Waals surface area contributed by atoms with Gasteiger partial charge < -0.3 is 20.1 Å². The molecule has 1 atom stereocenters. The minimum absolute atomic E-state index is 0. The Bertz CT molecular complexity index is 741. The van der Waals surface area contributed by atoms with E-state index < -0.39 is 9.84 Å². The number of rotatable bonds is 9. The van der Waals surface area contributed by atoms with Crippen molar-refractivity contribution in [3.05, 3.63) is 23.8 Å². The van der Waals surface area contributed by atoms with Crippen molar-refractivity contribution in [2.24, 2.45) is 10.9 Å². The number of halogens is 1. The van der Waals surface area contributed by atoms with Crippen molar-refractivity contribution in [1.29, 1.82) is 0 Å². The Hall–Kier alpha value is -1.23. The molecule has 1 saturated heterocycles. The van der Waals surface area contributed by atoms with Gasteiger partial charge in [-0.15, -0.1) is 24.0 Å². The quantitative estimate of drug-likeness (QED) is 0.223. The van der Waals surface area contributed by atoms with Crippen LogP contribution >= 0.6 is 24.0 Å². The SMILES string of the molecule is CCOc1cc(CCCNC(=NC)NCC2CCS(=O)(=O)C2)ccc1OC.I. The van der Waals surface area contributed by atoms with Crippen molar-refractivity contribution in [2.75, 3.05) is 45.4 Å². The van der Waals surface area contributed by atoms with Crippen molar-refractivity contribution < 1.29 is 17.9 Å². The fourth-order valence-electron chi connectivity index (χ4n) is 3.14. The van der Waals surface area contributed by atoms with E-state index >= 15 is 0 Å². The number of aryl methyl sites for hydroxylation is 1. The van der Waals surface area contributed by atoms with Crippen molar-refractivity contribution in [2.45, 2.75) is 26.2 Å². The van der Waals surface area contributed by atoms with Gasteiger partial charge in [0.2, 0.25) is 0 Å². The molecule has 1 aromatic carbocycles. The molecule has 1 unspecified atom stereocenters. The minimum Gasteiger partial charge on any atom is -0.493 e. The molecule has 9 heteroatoms. The number of nitrogens with zero attached hydrogens (tertiary/aromatic N) is 1. The van der Waals surface area contributed by atoms with E-state index in [1.54, 1.807) is 14.2 Å². The molecule has 2 rings (SSSR count). The lowest BCUT2D eigenvalue weighted by atomic mass is 10.1. The number of sulfone groups is 1. The van der Waals surface area contributed by atoms with Crippen LogP contribution in [0.3, 0.4) is 0 Å². The van der Waals surface area contributed by atoms with E-state index in [2.05, 4.69) is 21.7 Å². The van der Waals surface area contributed by atoms with Crippen LogP contribution in [0.15, 0.2) is 23.2 Å². The van der Waals surface area contributed by atoms with Crippen molar-refractivity contribution >= 4 is 39.8 Å². The smallest absolute Gasteiger partial charge is 0.190 e. The maximum atomic E-state index is 11.5. The van der Waals surface area contributed by atoms with E-state index in [0.29, 0.717) is 24.9 Å². The Balaban J connectivity index is 0.00000392. The molecule has 1 fully saturated rings. The molecule has 7 nitrogen and oxygen atoms in total. The van der Waals surface area contributed by atoms with Crippen LogP contribution in [-0.2, 0) is 16.3 Å². The van der Waals surface area contributed by atoms with Gasteiger partial charge in [0.1, 0.15) is 0 Å². The maximum Gasteiger partial charge on any atom is 0.190 e. The predicted octanol–water partition coefficient (Wildman–Crippen LogP) is 2.24. The van der Waals surface area contributed by atoms with Gasteiger partial charge in [0, 0.05) is 20.1 Å². The van der Waals surface area contributed by atoms with Gasteiger partial charge in [-0.2, -0.15) is 0 Å². The standard InChI is InChI=1S/C19H31N3O4S.HI/c1-4-26-18-12-15(7-8-17(18)25-3)6-5-10-21-19(20-2)22-13-16-9-11-27(23,24)14-16;/h7-8,12,16H,4-6,9-11,13-14H2,1-3H3,(H2,20,21,22);1H.